The quantitative estimate of drug-likeness (QED) is 0.671. The van der Waals surface area contributed by atoms with Crippen LogP contribution in [-0.4, -0.2) is 27.8 Å². The molecule has 1 amide bonds. The van der Waals surface area contributed by atoms with Crippen molar-refractivity contribution in [2.75, 3.05) is 12.4 Å². The number of rotatable bonds is 5. The molecule has 1 aliphatic rings. The minimum atomic E-state index is -0.105. The van der Waals surface area contributed by atoms with Crippen LogP contribution < -0.4 is 10.1 Å². The maximum atomic E-state index is 12.5. The fourth-order valence-corrected chi connectivity index (χ4v) is 3.83. The molecular formula is C22H23ClN4O2. The number of hydrogen-bond acceptors (Lipinski definition) is 4. The van der Waals surface area contributed by atoms with E-state index in [-0.39, 0.29) is 12.3 Å². The Morgan fingerprint density at radius 3 is 2.93 bits per heavy atom. The molecule has 1 aromatic heterocycles. The van der Waals surface area contributed by atoms with Crippen LogP contribution in [0.1, 0.15) is 30.7 Å². The highest BCUT2D eigenvalue weighted by Gasteiger charge is 2.18. The summed E-state index contributed by atoms with van der Waals surface area (Å²) in [6.45, 7) is 0.889. The van der Waals surface area contributed by atoms with Crippen molar-refractivity contribution in [3.05, 3.63) is 58.9 Å². The molecule has 3 aromatic rings. The van der Waals surface area contributed by atoms with Crippen LogP contribution in [0.5, 0.6) is 5.75 Å². The zero-order valence-electron chi connectivity index (χ0n) is 16.3. The first-order valence-corrected chi connectivity index (χ1v) is 10.2. The average Bonchev–Trinajstić information content (AvgIpc) is 2.97. The molecule has 6 nitrogen and oxygen atoms in total. The maximum Gasteiger partial charge on any atom is 0.228 e. The Morgan fingerprint density at radius 1 is 1.17 bits per heavy atom. The van der Waals surface area contributed by atoms with Gasteiger partial charge in [0.05, 0.1) is 18.6 Å². The Bertz CT molecular complexity index is 1030. The third-order valence-electron chi connectivity index (χ3n) is 5.10. The lowest BCUT2D eigenvalue weighted by molar-refractivity contribution is -0.115. The molecule has 0 radical (unpaired) electrons. The summed E-state index contributed by atoms with van der Waals surface area (Å²) in [5.74, 6) is 2.39. The van der Waals surface area contributed by atoms with Gasteiger partial charge in [-0.1, -0.05) is 30.2 Å². The van der Waals surface area contributed by atoms with Crippen molar-refractivity contribution < 1.29 is 9.53 Å². The summed E-state index contributed by atoms with van der Waals surface area (Å²) < 4.78 is 7.37. The van der Waals surface area contributed by atoms with Crippen LogP contribution >= 0.6 is 11.6 Å². The van der Waals surface area contributed by atoms with Crippen LogP contribution in [-0.2, 0) is 24.2 Å². The molecule has 1 aliphatic heterocycles. The SMILES string of the molecule is COc1cccc(CC(=O)Nc2ccc(Cl)c(-c3nnc4n3CCCCC4)c2)c1. The third kappa shape index (κ3) is 4.43. The van der Waals surface area contributed by atoms with Gasteiger partial charge in [-0.3, -0.25) is 4.79 Å². The predicted molar refractivity (Wildman–Crippen MR) is 113 cm³/mol. The number of amides is 1. The number of fused-ring (bicyclic) bond motifs is 1. The molecular weight excluding hydrogens is 388 g/mol. The first-order chi connectivity index (χ1) is 14.1. The summed E-state index contributed by atoms with van der Waals surface area (Å²) in [6.07, 6.45) is 4.62. The lowest BCUT2D eigenvalue weighted by atomic mass is 10.1. The van der Waals surface area contributed by atoms with Gasteiger partial charge in [0.25, 0.3) is 0 Å². The van der Waals surface area contributed by atoms with Crippen LogP contribution in [0.25, 0.3) is 11.4 Å². The van der Waals surface area contributed by atoms with Crippen LogP contribution in [0.2, 0.25) is 5.02 Å². The van der Waals surface area contributed by atoms with E-state index in [1.807, 2.05) is 30.3 Å². The molecule has 7 heteroatoms. The second-order valence-electron chi connectivity index (χ2n) is 7.17. The van der Waals surface area contributed by atoms with Crippen LogP contribution in [0.4, 0.5) is 5.69 Å². The number of nitrogens with one attached hydrogen (secondary N) is 1. The number of benzene rings is 2. The molecule has 0 bridgehead atoms. The Labute approximate surface area is 174 Å². The summed E-state index contributed by atoms with van der Waals surface area (Å²) in [5.41, 5.74) is 2.36. The van der Waals surface area contributed by atoms with Gasteiger partial charge in [-0.2, -0.15) is 0 Å². The molecule has 0 aliphatic carbocycles. The van der Waals surface area contributed by atoms with Crippen molar-refractivity contribution in [3.8, 4) is 17.1 Å². The van der Waals surface area contributed by atoms with Crippen molar-refractivity contribution in [1.82, 2.24) is 14.8 Å². The van der Waals surface area contributed by atoms with E-state index in [4.69, 9.17) is 16.3 Å². The number of anilines is 1. The maximum absolute atomic E-state index is 12.5. The number of nitrogens with zero attached hydrogens (tertiary/aromatic N) is 3. The van der Waals surface area contributed by atoms with Crippen molar-refractivity contribution in [3.63, 3.8) is 0 Å². The van der Waals surface area contributed by atoms with Gasteiger partial charge in [-0.15, -0.1) is 10.2 Å². The lowest BCUT2D eigenvalue weighted by Crippen LogP contribution is -2.14. The van der Waals surface area contributed by atoms with E-state index in [1.165, 1.54) is 6.42 Å². The van der Waals surface area contributed by atoms with Gasteiger partial charge in [-0.25, -0.2) is 0 Å². The molecule has 1 N–H and O–H groups in total. The topological polar surface area (TPSA) is 69.0 Å². The molecule has 2 heterocycles. The standard InChI is InChI=1S/C22H23ClN4O2/c1-29-17-7-5-6-15(12-17)13-21(28)24-16-9-10-19(23)18(14-16)22-26-25-20-8-3-2-4-11-27(20)22/h5-7,9-10,12,14H,2-4,8,11,13H2,1H3,(H,24,28). The first kappa shape index (κ1) is 19.5. The largest absolute Gasteiger partial charge is 0.497 e. The number of carbonyl (C=O) groups excluding carboxylic acids is 1. The highest BCUT2D eigenvalue weighted by atomic mass is 35.5. The lowest BCUT2D eigenvalue weighted by Gasteiger charge is -2.11. The van der Waals surface area contributed by atoms with Gasteiger partial charge in [-0.05, 0) is 48.7 Å². The molecule has 0 unspecified atom stereocenters. The van der Waals surface area contributed by atoms with E-state index in [0.717, 1.165) is 54.3 Å². The van der Waals surface area contributed by atoms with Crippen LogP contribution in [0, 0.1) is 0 Å². The fraction of sp³-hybridized carbons (Fsp3) is 0.318. The molecule has 0 spiro atoms. The smallest absolute Gasteiger partial charge is 0.228 e. The summed E-state index contributed by atoms with van der Waals surface area (Å²) in [7, 11) is 1.61. The van der Waals surface area contributed by atoms with E-state index in [2.05, 4.69) is 20.1 Å². The average molecular weight is 411 g/mol. The first-order valence-electron chi connectivity index (χ1n) is 9.79. The van der Waals surface area contributed by atoms with Crippen LogP contribution in [0.3, 0.4) is 0 Å². The van der Waals surface area contributed by atoms with Crippen molar-refractivity contribution in [1.29, 1.82) is 0 Å². The number of aryl methyl sites for hydroxylation is 1. The van der Waals surface area contributed by atoms with Crippen LogP contribution in [0.15, 0.2) is 42.5 Å². The Morgan fingerprint density at radius 2 is 2.07 bits per heavy atom. The van der Waals surface area contributed by atoms with E-state index in [0.29, 0.717) is 10.7 Å². The number of halogens is 1. The van der Waals surface area contributed by atoms with Gasteiger partial charge >= 0.3 is 0 Å². The van der Waals surface area contributed by atoms with E-state index in [9.17, 15) is 4.79 Å². The zero-order chi connectivity index (χ0) is 20.2. The zero-order valence-corrected chi connectivity index (χ0v) is 17.1. The third-order valence-corrected chi connectivity index (χ3v) is 5.43. The predicted octanol–water partition coefficient (Wildman–Crippen LogP) is 4.51. The summed E-state index contributed by atoms with van der Waals surface area (Å²) >= 11 is 6.46. The van der Waals surface area contributed by atoms with Crippen molar-refractivity contribution >= 4 is 23.2 Å². The highest BCUT2D eigenvalue weighted by Crippen LogP contribution is 2.31. The molecule has 29 heavy (non-hydrogen) atoms. The van der Waals surface area contributed by atoms with Gasteiger partial charge in [0.15, 0.2) is 5.82 Å². The second kappa shape index (κ2) is 8.66. The highest BCUT2D eigenvalue weighted by molar-refractivity contribution is 6.33. The second-order valence-corrected chi connectivity index (χ2v) is 7.58. The molecule has 4 rings (SSSR count). The molecule has 0 saturated carbocycles. The molecule has 2 aromatic carbocycles. The van der Waals surface area contributed by atoms with Gasteiger partial charge < -0.3 is 14.6 Å². The number of hydrogen-bond donors (Lipinski definition) is 1. The summed E-state index contributed by atoms with van der Waals surface area (Å²) in [6, 6.07) is 13.0. The number of carbonyl (C=O) groups is 1. The Balaban J connectivity index is 1.54. The number of methoxy groups -OCH3 is 1. The van der Waals surface area contributed by atoms with Crippen molar-refractivity contribution in [2.45, 2.75) is 38.6 Å². The fourth-order valence-electron chi connectivity index (χ4n) is 3.63. The molecule has 0 fully saturated rings. The number of aromatic nitrogens is 3. The summed E-state index contributed by atoms with van der Waals surface area (Å²) in [4.78, 5) is 12.5. The Kier molecular flexibility index (Phi) is 5.81. The van der Waals surface area contributed by atoms with E-state index < -0.39 is 0 Å². The molecule has 0 saturated heterocycles. The Hall–Kier alpha value is -2.86. The normalized spacial score (nSPS) is 13.4. The van der Waals surface area contributed by atoms with Crippen molar-refractivity contribution in [2.24, 2.45) is 0 Å². The number of ether oxygens (including phenoxy) is 1. The van der Waals surface area contributed by atoms with E-state index in [1.54, 1.807) is 19.2 Å². The van der Waals surface area contributed by atoms with Gasteiger partial charge in [0, 0.05) is 24.2 Å². The van der Waals surface area contributed by atoms with E-state index >= 15 is 0 Å². The monoisotopic (exact) mass is 410 g/mol. The molecule has 0 atom stereocenters. The van der Waals surface area contributed by atoms with Gasteiger partial charge in [0.2, 0.25) is 5.91 Å². The summed E-state index contributed by atoms with van der Waals surface area (Å²) in [5, 5.41) is 12.3. The molecule has 150 valence electrons. The minimum Gasteiger partial charge on any atom is -0.497 e. The minimum absolute atomic E-state index is 0.105. The van der Waals surface area contributed by atoms with Gasteiger partial charge in [0.1, 0.15) is 11.6 Å².